The molecule has 1 heterocycles. The largest absolute Gasteiger partial charge is 0.452 e. The van der Waals surface area contributed by atoms with Gasteiger partial charge in [-0.25, -0.2) is 8.37 Å². The molecule has 0 aromatic carbocycles. The highest BCUT2D eigenvalue weighted by Crippen LogP contribution is 2.39. The minimum absolute atomic E-state index is 0.198. The van der Waals surface area contributed by atoms with E-state index >= 15 is 0 Å². The topological polar surface area (TPSA) is 131 Å². The number of hydrogen-bond acceptors (Lipinski definition) is 13. The minimum Gasteiger partial charge on any atom is -0.329 e. The third-order valence-electron chi connectivity index (χ3n) is 11.4. The highest BCUT2D eigenvalue weighted by Gasteiger charge is 2.32. The third-order valence-corrected chi connectivity index (χ3v) is 17.1. The zero-order chi connectivity index (χ0) is 46.7. The molecule has 0 aliphatic heterocycles. The van der Waals surface area contributed by atoms with E-state index in [0.29, 0.717) is 24.2 Å². The van der Waals surface area contributed by atoms with Crippen LogP contribution in [0.2, 0.25) is 0 Å². The van der Waals surface area contributed by atoms with E-state index < -0.39 is 42.1 Å². The highest BCUT2D eigenvalue weighted by molar-refractivity contribution is 8.01. The van der Waals surface area contributed by atoms with Gasteiger partial charge in [0.15, 0.2) is 0 Å². The van der Waals surface area contributed by atoms with E-state index in [2.05, 4.69) is 65.6 Å². The van der Waals surface area contributed by atoms with Gasteiger partial charge in [0.2, 0.25) is 0 Å². The second-order valence-electron chi connectivity index (χ2n) is 18.9. The van der Waals surface area contributed by atoms with Crippen LogP contribution >= 0.6 is 34.9 Å². The van der Waals surface area contributed by atoms with Gasteiger partial charge in [0, 0.05) is 9.49 Å². The smallest absolute Gasteiger partial charge is 0.329 e. The molecule has 2 unspecified atom stereocenters. The molecule has 0 N–H and O–H groups in total. The van der Waals surface area contributed by atoms with Gasteiger partial charge in [0.1, 0.15) is 10.9 Å². The van der Waals surface area contributed by atoms with Gasteiger partial charge < -0.3 is 8.37 Å². The lowest BCUT2D eigenvalue weighted by molar-refractivity contribution is 0.237. The van der Waals surface area contributed by atoms with E-state index in [4.69, 9.17) is 16.7 Å². The summed E-state index contributed by atoms with van der Waals surface area (Å²) in [4.78, 5) is 0. The first kappa shape index (κ1) is 60.7. The predicted octanol–water partition coefficient (Wildman–Crippen LogP) is 16.8. The van der Waals surface area contributed by atoms with Crippen LogP contribution in [-0.2, 0) is 29.2 Å². The Balaban J connectivity index is 2.75. The molecule has 1 rings (SSSR count). The molecule has 0 spiro atoms. The van der Waals surface area contributed by atoms with Gasteiger partial charge in [0.25, 0.3) is 0 Å². The van der Waals surface area contributed by atoms with Crippen molar-refractivity contribution in [2.75, 3.05) is 0 Å². The molecule has 0 aliphatic rings. The SMILES string of the molecule is CCCCCCCCCCCCCC(C)(C)SC(CCCCCC)OS(=O)(=O)Oc1nnc(OS(=O)(=O)OC(CCCCCC)SC(C)(C)CCCCCCCCCCCCC)s1. The Morgan fingerprint density at radius 1 is 0.429 bits per heavy atom. The standard InChI is InChI=1S/C48H94N2O8S5/c1-9-13-17-21-23-25-27-29-31-33-37-41-47(5,6)60-43(39-35-19-15-11-3)55-62(51,52)57-45-49-50-46(59-45)58-63(53,54)56-44(40-36-20-16-12-4)61-48(7,8)42-38-34-32-30-28-26-24-22-18-14-10-2/h43-44H,9-42H2,1-8H3. The fourth-order valence-electron chi connectivity index (χ4n) is 7.73. The van der Waals surface area contributed by atoms with E-state index in [1.165, 1.54) is 152 Å². The molecule has 63 heavy (non-hydrogen) atoms. The van der Waals surface area contributed by atoms with Crippen LogP contribution in [0, 0.1) is 0 Å². The van der Waals surface area contributed by atoms with Crippen molar-refractivity contribution in [1.29, 1.82) is 0 Å². The minimum atomic E-state index is -4.55. The summed E-state index contributed by atoms with van der Waals surface area (Å²) in [5.74, 6) is 0. The van der Waals surface area contributed by atoms with Crippen molar-refractivity contribution >= 4 is 55.7 Å². The van der Waals surface area contributed by atoms with E-state index in [9.17, 15) is 16.8 Å². The Morgan fingerprint density at radius 3 is 0.968 bits per heavy atom. The molecule has 0 aliphatic carbocycles. The molecule has 1 aromatic heterocycles. The second kappa shape index (κ2) is 36.7. The van der Waals surface area contributed by atoms with Crippen molar-refractivity contribution in [3.8, 4) is 10.4 Å². The number of rotatable bonds is 46. The number of nitrogens with zero attached hydrogens (tertiary/aromatic N) is 2. The lowest BCUT2D eigenvalue weighted by Gasteiger charge is -2.29. The molecular weight excluding hydrogens is 893 g/mol. The van der Waals surface area contributed by atoms with Crippen molar-refractivity contribution in [3.05, 3.63) is 0 Å². The highest BCUT2D eigenvalue weighted by atomic mass is 32.3. The molecule has 10 nitrogen and oxygen atoms in total. The molecule has 0 radical (unpaired) electrons. The predicted molar refractivity (Wildman–Crippen MR) is 272 cm³/mol. The van der Waals surface area contributed by atoms with Crippen LogP contribution in [0.1, 0.15) is 274 Å². The van der Waals surface area contributed by atoms with Gasteiger partial charge in [-0.15, -0.1) is 23.5 Å². The molecule has 15 heteroatoms. The Morgan fingerprint density at radius 2 is 0.683 bits per heavy atom. The number of thioether (sulfide) groups is 2. The van der Waals surface area contributed by atoms with Crippen molar-refractivity contribution in [1.82, 2.24) is 10.2 Å². The average molecular weight is 988 g/mol. The van der Waals surface area contributed by atoms with Crippen LogP contribution < -0.4 is 8.37 Å². The molecule has 0 fully saturated rings. The van der Waals surface area contributed by atoms with Crippen molar-refractivity contribution < 1.29 is 33.6 Å². The van der Waals surface area contributed by atoms with E-state index in [1.807, 2.05) is 0 Å². The number of aromatic nitrogens is 2. The maximum absolute atomic E-state index is 13.3. The zero-order valence-electron chi connectivity index (χ0n) is 41.4. The van der Waals surface area contributed by atoms with E-state index in [0.717, 1.165) is 77.0 Å². The fraction of sp³-hybridized carbons (Fsp3) is 0.958. The van der Waals surface area contributed by atoms with E-state index in [-0.39, 0.29) is 9.49 Å². The summed E-state index contributed by atoms with van der Waals surface area (Å²) < 4.78 is 74.4. The molecule has 2 atom stereocenters. The van der Waals surface area contributed by atoms with Crippen LogP contribution in [0.15, 0.2) is 0 Å². The number of unbranched alkanes of at least 4 members (excludes halogenated alkanes) is 26. The Bertz CT molecular complexity index is 1340. The summed E-state index contributed by atoms with van der Waals surface area (Å²) in [6.45, 7) is 17.4. The molecule has 0 saturated heterocycles. The van der Waals surface area contributed by atoms with Crippen LogP contribution in [0.3, 0.4) is 0 Å². The summed E-state index contributed by atoms with van der Waals surface area (Å²) >= 11 is 3.62. The van der Waals surface area contributed by atoms with Crippen LogP contribution in [0.25, 0.3) is 0 Å². The van der Waals surface area contributed by atoms with Gasteiger partial charge in [-0.1, -0.05) is 245 Å². The van der Waals surface area contributed by atoms with Crippen LogP contribution in [0.4, 0.5) is 0 Å². The summed E-state index contributed by atoms with van der Waals surface area (Å²) in [6.07, 6.45) is 39.1. The summed E-state index contributed by atoms with van der Waals surface area (Å²) in [5, 5.41) is 6.74. The lowest BCUT2D eigenvalue weighted by atomic mass is 10.0. The molecule has 0 bridgehead atoms. The Hall–Kier alpha value is -0.320. The quantitative estimate of drug-likeness (QED) is 0.0455. The first-order valence-electron chi connectivity index (χ1n) is 25.5. The Labute approximate surface area is 401 Å². The summed E-state index contributed by atoms with van der Waals surface area (Å²) in [6, 6.07) is 0. The molecular formula is C48H94N2O8S5. The summed E-state index contributed by atoms with van der Waals surface area (Å²) in [7, 11) is -9.10. The van der Waals surface area contributed by atoms with Crippen LogP contribution in [0.5, 0.6) is 10.4 Å². The van der Waals surface area contributed by atoms with Gasteiger partial charge >= 0.3 is 31.2 Å². The van der Waals surface area contributed by atoms with Crippen molar-refractivity contribution in [2.24, 2.45) is 0 Å². The monoisotopic (exact) mass is 987 g/mol. The molecule has 1 aromatic rings. The van der Waals surface area contributed by atoms with Gasteiger partial charge in [-0.05, 0) is 49.9 Å². The third kappa shape index (κ3) is 35.5. The first-order valence-corrected chi connectivity index (χ1v) is 30.7. The van der Waals surface area contributed by atoms with Crippen molar-refractivity contribution in [3.63, 3.8) is 0 Å². The van der Waals surface area contributed by atoms with Gasteiger partial charge in [-0.2, -0.15) is 16.8 Å². The zero-order valence-corrected chi connectivity index (χ0v) is 45.5. The normalized spacial score (nSPS) is 13.7. The summed E-state index contributed by atoms with van der Waals surface area (Å²) in [5.41, 5.74) is -1.28. The molecule has 374 valence electrons. The lowest BCUT2D eigenvalue weighted by Crippen LogP contribution is -2.26. The number of hydrogen-bond donors (Lipinski definition) is 0. The maximum atomic E-state index is 13.3. The fourth-order valence-corrected chi connectivity index (χ4v) is 13.4. The first-order chi connectivity index (χ1) is 30.1. The molecule has 0 saturated carbocycles. The Kier molecular flexibility index (Phi) is 35.3. The average Bonchev–Trinajstić information content (AvgIpc) is 3.63. The maximum Gasteiger partial charge on any atom is 0.452 e. The van der Waals surface area contributed by atoms with Crippen molar-refractivity contribution in [2.45, 2.75) is 294 Å². The van der Waals surface area contributed by atoms with E-state index in [1.54, 1.807) is 0 Å². The second-order valence-corrected chi connectivity index (χ2v) is 25.9. The van der Waals surface area contributed by atoms with Gasteiger partial charge in [0.05, 0.1) is 0 Å². The van der Waals surface area contributed by atoms with Gasteiger partial charge in [-0.3, -0.25) is 0 Å². The molecule has 0 amide bonds. The van der Waals surface area contributed by atoms with Crippen LogP contribution in [-0.4, -0.2) is 47.4 Å².